The van der Waals surface area contributed by atoms with E-state index in [2.05, 4.69) is 9.97 Å². The summed E-state index contributed by atoms with van der Waals surface area (Å²) in [6, 6.07) is 14.0. The zero-order chi connectivity index (χ0) is 16.0. The van der Waals surface area contributed by atoms with Crippen molar-refractivity contribution in [1.29, 1.82) is 0 Å². The molecule has 0 saturated heterocycles. The van der Waals surface area contributed by atoms with Gasteiger partial charge in [-0.1, -0.05) is 26.0 Å². The van der Waals surface area contributed by atoms with Crippen LogP contribution in [0.4, 0.5) is 0 Å². The molecule has 1 aromatic carbocycles. The summed E-state index contributed by atoms with van der Waals surface area (Å²) in [4.78, 5) is 8.81. The Kier molecular flexibility index (Phi) is 3.01. The van der Waals surface area contributed by atoms with Gasteiger partial charge in [0.25, 0.3) is 0 Å². The molecule has 0 fully saturated rings. The highest BCUT2D eigenvalue weighted by atomic mass is 16.3. The Morgan fingerprint density at radius 2 is 1.78 bits per heavy atom. The first-order valence-electron chi connectivity index (χ1n) is 7.56. The van der Waals surface area contributed by atoms with E-state index in [4.69, 9.17) is 12.3 Å². The molecular formula is C19H15BN2O. The Hall–Kier alpha value is -2.62. The topological polar surface area (TPSA) is 38.9 Å². The van der Waals surface area contributed by atoms with Gasteiger partial charge in [-0.15, -0.1) is 0 Å². The minimum atomic E-state index is -0.416. The maximum absolute atomic E-state index is 6.22. The van der Waals surface area contributed by atoms with Crippen LogP contribution in [-0.2, 0) is 5.31 Å². The third-order valence-corrected chi connectivity index (χ3v) is 4.06. The third kappa shape index (κ3) is 2.31. The van der Waals surface area contributed by atoms with Crippen LogP contribution in [0, 0.1) is 0 Å². The minimum absolute atomic E-state index is 0.416. The highest BCUT2D eigenvalue weighted by molar-refractivity contribution is 6.15. The molecule has 4 heteroatoms. The molecule has 0 aliphatic heterocycles. The van der Waals surface area contributed by atoms with Gasteiger partial charge in [0.05, 0.1) is 13.5 Å². The lowest BCUT2D eigenvalue weighted by atomic mass is 9.67. The Labute approximate surface area is 135 Å². The number of para-hydroxylation sites is 1. The molecule has 3 nitrogen and oxygen atoms in total. The summed E-state index contributed by atoms with van der Waals surface area (Å²) in [7, 11) is 6.22. The number of benzene rings is 1. The Bertz CT molecular complexity index is 1010. The van der Waals surface area contributed by atoms with E-state index in [0.29, 0.717) is 5.71 Å². The van der Waals surface area contributed by atoms with Crippen LogP contribution in [0.25, 0.3) is 33.3 Å². The molecule has 0 atom stereocenters. The molecule has 0 aliphatic carbocycles. The molecule has 0 unspecified atom stereocenters. The lowest BCUT2D eigenvalue weighted by Crippen LogP contribution is -2.16. The highest BCUT2D eigenvalue weighted by Gasteiger charge is 2.17. The summed E-state index contributed by atoms with van der Waals surface area (Å²) >= 11 is 0. The van der Waals surface area contributed by atoms with Gasteiger partial charge in [0.1, 0.15) is 5.58 Å². The van der Waals surface area contributed by atoms with Gasteiger partial charge in [0.15, 0.2) is 0 Å². The molecule has 0 amide bonds. The molecule has 2 radical (unpaired) electrons. The van der Waals surface area contributed by atoms with Crippen molar-refractivity contribution < 1.29 is 4.42 Å². The lowest BCUT2D eigenvalue weighted by molar-refractivity contribution is 0.655. The van der Waals surface area contributed by atoms with Crippen LogP contribution in [0.5, 0.6) is 0 Å². The number of hydrogen-bond donors (Lipinski definition) is 0. The van der Waals surface area contributed by atoms with Crippen molar-refractivity contribution in [2.75, 3.05) is 0 Å². The number of hydrogen-bond acceptors (Lipinski definition) is 3. The normalized spacial score (nSPS) is 12.1. The molecule has 4 rings (SSSR count). The largest absolute Gasteiger partial charge is 0.437 e. The van der Waals surface area contributed by atoms with Gasteiger partial charge in [0, 0.05) is 28.7 Å². The van der Waals surface area contributed by atoms with E-state index in [0.717, 1.165) is 33.2 Å². The van der Waals surface area contributed by atoms with Gasteiger partial charge >= 0.3 is 0 Å². The van der Waals surface area contributed by atoms with Gasteiger partial charge in [-0.2, -0.15) is 0 Å². The van der Waals surface area contributed by atoms with Gasteiger partial charge in [-0.25, -0.2) is 4.98 Å². The number of rotatable bonds is 2. The summed E-state index contributed by atoms with van der Waals surface area (Å²) in [6.45, 7) is 3.97. The fourth-order valence-electron chi connectivity index (χ4n) is 2.81. The second-order valence-corrected chi connectivity index (χ2v) is 6.29. The summed E-state index contributed by atoms with van der Waals surface area (Å²) in [5.74, 6) is 0. The second kappa shape index (κ2) is 4.95. The lowest BCUT2D eigenvalue weighted by Gasteiger charge is -2.19. The second-order valence-electron chi connectivity index (χ2n) is 6.29. The van der Waals surface area contributed by atoms with Crippen molar-refractivity contribution in [2.45, 2.75) is 19.2 Å². The zero-order valence-corrected chi connectivity index (χ0v) is 13.1. The molecule has 0 aliphatic rings. The van der Waals surface area contributed by atoms with Crippen molar-refractivity contribution in [3.05, 3.63) is 60.4 Å². The number of nitrogens with zero attached hydrogens (tertiary/aromatic N) is 2. The summed E-state index contributed by atoms with van der Waals surface area (Å²) < 4.78 is 5.98. The monoisotopic (exact) mass is 298 g/mol. The molecule has 3 aromatic heterocycles. The van der Waals surface area contributed by atoms with E-state index < -0.39 is 5.31 Å². The third-order valence-electron chi connectivity index (χ3n) is 4.06. The van der Waals surface area contributed by atoms with E-state index in [1.165, 1.54) is 0 Å². The quantitative estimate of drug-likeness (QED) is 0.513. The molecule has 110 valence electrons. The van der Waals surface area contributed by atoms with Gasteiger partial charge < -0.3 is 4.42 Å². The van der Waals surface area contributed by atoms with E-state index in [-0.39, 0.29) is 0 Å². The predicted molar refractivity (Wildman–Crippen MR) is 93.5 cm³/mol. The van der Waals surface area contributed by atoms with Crippen molar-refractivity contribution >= 4 is 29.9 Å². The van der Waals surface area contributed by atoms with Crippen LogP contribution in [0.2, 0.25) is 0 Å². The number of aromatic nitrogens is 2. The van der Waals surface area contributed by atoms with E-state index in [1.54, 1.807) is 12.4 Å². The van der Waals surface area contributed by atoms with Crippen LogP contribution >= 0.6 is 0 Å². The molecule has 3 heterocycles. The molecule has 4 aromatic rings. The van der Waals surface area contributed by atoms with Crippen LogP contribution in [-0.4, -0.2) is 17.8 Å². The van der Waals surface area contributed by atoms with Gasteiger partial charge in [0.2, 0.25) is 5.71 Å². The van der Waals surface area contributed by atoms with E-state index in [9.17, 15) is 0 Å². The average molecular weight is 298 g/mol. The maximum Gasteiger partial charge on any atom is 0.227 e. The van der Waals surface area contributed by atoms with Crippen LogP contribution in [0.3, 0.4) is 0 Å². The average Bonchev–Trinajstić information content (AvgIpc) is 2.93. The number of pyridine rings is 2. The van der Waals surface area contributed by atoms with E-state index >= 15 is 0 Å². The fraction of sp³-hybridized carbons (Fsp3) is 0.158. The van der Waals surface area contributed by atoms with Gasteiger partial charge in [-0.3, -0.25) is 4.98 Å². The minimum Gasteiger partial charge on any atom is -0.437 e. The number of furan rings is 1. The number of fused-ring (bicyclic) bond motifs is 3. The standard InChI is InChI=1S/C19H15BN2O/c1-19(2,20)12-8-10-21-16(11-12)15-6-3-5-13-14-7-4-9-22-18(14)23-17(13)15/h3-11H,1-2H3. The van der Waals surface area contributed by atoms with Crippen molar-refractivity contribution in [3.63, 3.8) is 0 Å². The Morgan fingerprint density at radius 3 is 2.61 bits per heavy atom. The van der Waals surface area contributed by atoms with Crippen molar-refractivity contribution in [2.24, 2.45) is 0 Å². The Balaban J connectivity index is 1.99. The molecule has 23 heavy (non-hydrogen) atoms. The first-order valence-corrected chi connectivity index (χ1v) is 7.56. The summed E-state index contributed by atoms with van der Waals surface area (Å²) in [5.41, 5.74) is 4.29. The first kappa shape index (κ1) is 14.0. The highest BCUT2D eigenvalue weighted by Crippen LogP contribution is 2.34. The SMILES string of the molecule is [B]C(C)(C)c1ccnc(-c2cccc3c2oc2ncccc23)c1. The van der Waals surface area contributed by atoms with Crippen molar-refractivity contribution in [1.82, 2.24) is 9.97 Å². The summed E-state index contributed by atoms with van der Waals surface area (Å²) in [5, 5.41) is 1.64. The zero-order valence-electron chi connectivity index (χ0n) is 13.1. The predicted octanol–water partition coefficient (Wildman–Crippen LogP) is 4.45. The molecule has 0 spiro atoms. The van der Waals surface area contributed by atoms with E-state index in [1.807, 2.05) is 56.3 Å². The summed E-state index contributed by atoms with van der Waals surface area (Å²) in [6.07, 6.45) is 3.53. The van der Waals surface area contributed by atoms with Crippen LogP contribution in [0.15, 0.2) is 59.3 Å². The van der Waals surface area contributed by atoms with Gasteiger partial charge in [-0.05, 0) is 41.2 Å². The van der Waals surface area contributed by atoms with Crippen LogP contribution in [0.1, 0.15) is 19.4 Å². The Morgan fingerprint density at radius 1 is 0.957 bits per heavy atom. The fourth-order valence-corrected chi connectivity index (χ4v) is 2.81. The molecular weight excluding hydrogens is 283 g/mol. The molecule has 0 N–H and O–H groups in total. The maximum atomic E-state index is 6.22. The van der Waals surface area contributed by atoms with Crippen molar-refractivity contribution in [3.8, 4) is 11.3 Å². The molecule has 0 bridgehead atoms. The first-order chi connectivity index (χ1) is 11.0. The smallest absolute Gasteiger partial charge is 0.227 e. The molecule has 0 saturated carbocycles. The van der Waals surface area contributed by atoms with Crippen LogP contribution < -0.4 is 0 Å².